The van der Waals surface area contributed by atoms with E-state index in [-0.39, 0.29) is 11.7 Å². The molecule has 0 saturated heterocycles. The van der Waals surface area contributed by atoms with Gasteiger partial charge >= 0.3 is 0 Å². The maximum absolute atomic E-state index is 13.9. The Labute approximate surface area is 207 Å². The lowest BCUT2D eigenvalue weighted by molar-refractivity contribution is -0.0814. The number of ether oxygens (including phenoxy) is 2. The lowest BCUT2D eigenvalue weighted by Gasteiger charge is -2.47. The Balaban J connectivity index is 1.49. The summed E-state index contributed by atoms with van der Waals surface area (Å²) >= 11 is 0. The third kappa shape index (κ3) is 3.97. The second-order valence-electron chi connectivity index (χ2n) is 9.64. The Hall–Kier alpha value is -3.59. The van der Waals surface area contributed by atoms with Crippen LogP contribution in [-0.2, 0) is 0 Å². The minimum Gasteiger partial charge on any atom is -0.496 e. The highest BCUT2D eigenvalue weighted by molar-refractivity contribution is 6.20. The molecular formula is C27H27F2N3O4. The van der Waals surface area contributed by atoms with Crippen LogP contribution in [0.3, 0.4) is 0 Å². The average molecular weight is 496 g/mol. The number of hydrogen-bond donors (Lipinski definition) is 1. The number of oxazole rings is 1. The van der Waals surface area contributed by atoms with Crippen molar-refractivity contribution >= 4 is 11.4 Å². The topological polar surface area (TPSA) is 89.4 Å². The summed E-state index contributed by atoms with van der Waals surface area (Å²) in [5, 5.41) is 20.3. The molecule has 1 N–H and O–H groups in total. The lowest BCUT2D eigenvalue weighted by atomic mass is 9.67. The van der Waals surface area contributed by atoms with Crippen LogP contribution in [0.5, 0.6) is 11.5 Å². The predicted molar refractivity (Wildman–Crippen MR) is 131 cm³/mol. The summed E-state index contributed by atoms with van der Waals surface area (Å²) in [5.41, 5.74) is 0.215. The second kappa shape index (κ2) is 8.81. The fraction of sp³-hybridized carbons (Fsp3) is 0.370. The predicted octanol–water partition coefficient (Wildman–Crippen LogP) is 5.48. The van der Waals surface area contributed by atoms with Crippen LogP contribution >= 0.6 is 0 Å². The van der Waals surface area contributed by atoms with Gasteiger partial charge in [-0.2, -0.15) is 10.2 Å². The van der Waals surface area contributed by atoms with Gasteiger partial charge in [0.2, 0.25) is 0 Å². The van der Waals surface area contributed by atoms with E-state index in [9.17, 15) is 13.9 Å². The lowest BCUT2D eigenvalue weighted by Crippen LogP contribution is -2.63. The summed E-state index contributed by atoms with van der Waals surface area (Å²) in [6.07, 6.45) is 3.56. The molecule has 1 fully saturated rings. The van der Waals surface area contributed by atoms with Crippen LogP contribution in [0.4, 0.5) is 8.78 Å². The molecular weight excluding hydrogens is 468 g/mol. The molecule has 188 valence electrons. The van der Waals surface area contributed by atoms with Crippen molar-refractivity contribution in [2.75, 3.05) is 7.11 Å². The van der Waals surface area contributed by atoms with Gasteiger partial charge < -0.3 is 19.0 Å². The Morgan fingerprint density at radius 2 is 1.92 bits per heavy atom. The molecule has 3 aromatic rings. The van der Waals surface area contributed by atoms with Crippen LogP contribution in [0.1, 0.15) is 44.6 Å². The maximum atomic E-state index is 13.9. The fourth-order valence-corrected chi connectivity index (χ4v) is 5.08. The van der Waals surface area contributed by atoms with Gasteiger partial charge in [0.05, 0.1) is 30.3 Å². The molecule has 2 aromatic carbocycles. The van der Waals surface area contributed by atoms with Crippen molar-refractivity contribution in [3.63, 3.8) is 0 Å². The summed E-state index contributed by atoms with van der Waals surface area (Å²) in [5.74, 6) is -0.351. The molecule has 2 atom stereocenters. The van der Waals surface area contributed by atoms with Gasteiger partial charge in [-0.05, 0) is 57.4 Å². The Morgan fingerprint density at radius 1 is 1.11 bits per heavy atom. The molecule has 2 aliphatic rings. The molecule has 1 saturated carbocycles. The van der Waals surface area contributed by atoms with Crippen molar-refractivity contribution in [2.45, 2.75) is 51.2 Å². The van der Waals surface area contributed by atoms with Crippen LogP contribution in [0.25, 0.3) is 11.3 Å². The number of benzene rings is 2. The van der Waals surface area contributed by atoms with E-state index in [1.165, 1.54) is 6.07 Å². The number of fused-ring (bicyclic) bond motifs is 1. The Kier molecular flexibility index (Phi) is 5.90. The molecule has 1 aromatic heterocycles. The van der Waals surface area contributed by atoms with Gasteiger partial charge in [-0.3, -0.25) is 0 Å². The fourth-order valence-electron chi connectivity index (χ4n) is 5.08. The smallest absolute Gasteiger partial charge is 0.191 e. The minimum absolute atomic E-state index is 0.112. The van der Waals surface area contributed by atoms with Crippen LogP contribution in [0.2, 0.25) is 0 Å². The summed E-state index contributed by atoms with van der Waals surface area (Å²) in [6, 6.07) is 9.02. The van der Waals surface area contributed by atoms with E-state index in [0.717, 1.165) is 35.4 Å². The standard InChI is InChI=1S/C27H27F2N3O4/c1-15-30-14-23(35-15)18-9-7-16(12-22(18)34-4)24-19-6-5-11-27(26(2,3)33,25(19)32-31-24)36-17-8-10-20(28)21(29)13-17/h7-10,12-14,19,33H,5-6,11H2,1-4H3. The van der Waals surface area contributed by atoms with E-state index in [2.05, 4.69) is 15.2 Å². The zero-order chi connectivity index (χ0) is 25.7. The zero-order valence-corrected chi connectivity index (χ0v) is 20.5. The molecule has 0 amide bonds. The van der Waals surface area contributed by atoms with Gasteiger partial charge in [-0.15, -0.1) is 0 Å². The van der Waals surface area contributed by atoms with Gasteiger partial charge in [0.25, 0.3) is 0 Å². The van der Waals surface area contributed by atoms with E-state index >= 15 is 0 Å². The van der Waals surface area contributed by atoms with Gasteiger partial charge in [0, 0.05) is 24.5 Å². The molecule has 1 aliphatic heterocycles. The monoisotopic (exact) mass is 495 g/mol. The molecule has 0 radical (unpaired) electrons. The number of aromatic nitrogens is 1. The number of rotatable bonds is 6. The summed E-state index contributed by atoms with van der Waals surface area (Å²) < 4.78 is 45.0. The number of aryl methyl sites for hydroxylation is 1. The van der Waals surface area contributed by atoms with E-state index in [4.69, 9.17) is 13.9 Å². The SMILES string of the molecule is COc1cc(C2=NN=C3C2CCCC3(Oc2ccc(F)c(F)c2)C(C)(C)O)ccc1-c1cnc(C)o1. The summed E-state index contributed by atoms with van der Waals surface area (Å²) in [7, 11) is 1.58. The number of hydrogen-bond acceptors (Lipinski definition) is 7. The second-order valence-corrected chi connectivity index (χ2v) is 9.64. The largest absolute Gasteiger partial charge is 0.496 e. The summed E-state index contributed by atoms with van der Waals surface area (Å²) in [6.45, 7) is 5.04. The molecule has 7 nitrogen and oxygen atoms in total. The highest BCUT2D eigenvalue weighted by atomic mass is 19.2. The zero-order valence-electron chi connectivity index (χ0n) is 20.5. The van der Waals surface area contributed by atoms with E-state index < -0.39 is 22.8 Å². The van der Waals surface area contributed by atoms with Crippen LogP contribution in [-0.4, -0.2) is 39.8 Å². The van der Waals surface area contributed by atoms with Crippen molar-refractivity contribution in [1.29, 1.82) is 0 Å². The molecule has 2 unspecified atom stereocenters. The van der Waals surface area contributed by atoms with Gasteiger partial charge in [0.15, 0.2) is 28.9 Å². The van der Waals surface area contributed by atoms with E-state index in [0.29, 0.717) is 36.0 Å². The van der Waals surface area contributed by atoms with Crippen molar-refractivity contribution in [1.82, 2.24) is 4.98 Å². The van der Waals surface area contributed by atoms with Crippen LogP contribution in [0.15, 0.2) is 57.2 Å². The third-order valence-corrected chi connectivity index (χ3v) is 6.92. The van der Waals surface area contributed by atoms with Crippen molar-refractivity contribution in [2.24, 2.45) is 16.1 Å². The van der Waals surface area contributed by atoms with E-state index in [1.54, 1.807) is 34.1 Å². The number of halogens is 2. The molecule has 1 aliphatic carbocycles. The molecule has 9 heteroatoms. The summed E-state index contributed by atoms with van der Waals surface area (Å²) in [4.78, 5) is 4.16. The molecule has 5 rings (SSSR count). The normalized spacial score (nSPS) is 21.6. The molecule has 2 heterocycles. The van der Waals surface area contributed by atoms with Crippen LogP contribution < -0.4 is 9.47 Å². The Bertz CT molecular complexity index is 1380. The average Bonchev–Trinajstić information content (AvgIpc) is 3.47. The number of nitrogens with zero attached hydrogens (tertiary/aromatic N) is 3. The number of methoxy groups -OCH3 is 1. The van der Waals surface area contributed by atoms with Gasteiger partial charge in [-0.25, -0.2) is 13.8 Å². The maximum Gasteiger partial charge on any atom is 0.191 e. The van der Waals surface area contributed by atoms with Crippen molar-refractivity contribution < 1.29 is 27.8 Å². The molecule has 0 bridgehead atoms. The van der Waals surface area contributed by atoms with Crippen molar-refractivity contribution in [3.05, 3.63) is 65.7 Å². The first-order valence-corrected chi connectivity index (χ1v) is 11.8. The quantitative estimate of drug-likeness (QED) is 0.489. The molecule has 0 spiro atoms. The highest BCUT2D eigenvalue weighted by Crippen LogP contribution is 2.45. The minimum atomic E-state index is -1.38. The first-order valence-electron chi connectivity index (χ1n) is 11.8. The first kappa shape index (κ1) is 24.1. The van der Waals surface area contributed by atoms with Crippen molar-refractivity contribution in [3.8, 4) is 22.8 Å². The molecule has 36 heavy (non-hydrogen) atoms. The third-order valence-electron chi connectivity index (χ3n) is 6.92. The first-order chi connectivity index (χ1) is 17.1. The van der Waals surface area contributed by atoms with E-state index in [1.807, 2.05) is 18.2 Å². The van der Waals surface area contributed by atoms with Gasteiger partial charge in [-0.1, -0.05) is 6.07 Å². The number of aliphatic hydroxyl groups is 1. The highest BCUT2D eigenvalue weighted by Gasteiger charge is 2.57. The Morgan fingerprint density at radius 3 is 2.58 bits per heavy atom. The van der Waals surface area contributed by atoms with Crippen LogP contribution in [0, 0.1) is 24.5 Å². The van der Waals surface area contributed by atoms with Gasteiger partial charge in [0.1, 0.15) is 17.1 Å².